The van der Waals surface area contributed by atoms with Gasteiger partial charge in [0.15, 0.2) is 5.65 Å². The molecule has 0 amide bonds. The van der Waals surface area contributed by atoms with E-state index in [1.807, 2.05) is 32.0 Å². The maximum Gasteiger partial charge on any atom is 0.310 e. The van der Waals surface area contributed by atoms with Crippen molar-refractivity contribution in [1.82, 2.24) is 9.38 Å². The van der Waals surface area contributed by atoms with Crippen LogP contribution < -0.4 is 4.90 Å². The number of carbonyl (C=O) groups is 1. The van der Waals surface area contributed by atoms with Gasteiger partial charge in [0.25, 0.3) is 0 Å². The average molecular weight is 467 g/mol. The number of rotatable bonds is 5. The van der Waals surface area contributed by atoms with Gasteiger partial charge in [-0.15, -0.1) is 0 Å². The van der Waals surface area contributed by atoms with Crippen LogP contribution in [0.4, 0.5) is 5.82 Å². The molecule has 5 rings (SSSR count). The first-order chi connectivity index (χ1) is 17.0. The van der Waals surface area contributed by atoms with Crippen LogP contribution >= 0.6 is 0 Å². The van der Waals surface area contributed by atoms with Gasteiger partial charge in [-0.05, 0) is 56.9 Å². The monoisotopic (exact) mass is 466 g/mol. The van der Waals surface area contributed by atoms with Gasteiger partial charge < -0.3 is 9.64 Å². The number of benzene rings is 2. The van der Waals surface area contributed by atoms with Gasteiger partial charge in [0, 0.05) is 25.1 Å². The molecule has 0 N–H and O–H groups in total. The van der Waals surface area contributed by atoms with Crippen LogP contribution in [0, 0.1) is 31.1 Å². The molecule has 0 aliphatic carbocycles. The minimum absolute atomic E-state index is 0.130. The lowest BCUT2D eigenvalue weighted by molar-refractivity contribution is -0.148. The van der Waals surface area contributed by atoms with Gasteiger partial charge in [0.05, 0.1) is 29.1 Å². The number of para-hydroxylation sites is 2. The molecule has 4 aromatic rings. The van der Waals surface area contributed by atoms with Crippen molar-refractivity contribution in [2.24, 2.45) is 5.92 Å². The van der Waals surface area contributed by atoms with Crippen molar-refractivity contribution >= 4 is 28.5 Å². The summed E-state index contributed by atoms with van der Waals surface area (Å²) in [6.45, 7) is 7.78. The van der Waals surface area contributed by atoms with E-state index in [-0.39, 0.29) is 11.9 Å². The predicted molar refractivity (Wildman–Crippen MR) is 138 cm³/mol. The molecule has 2 aromatic carbocycles. The minimum Gasteiger partial charge on any atom is -0.466 e. The van der Waals surface area contributed by atoms with E-state index in [2.05, 4.69) is 52.6 Å². The lowest BCUT2D eigenvalue weighted by Crippen LogP contribution is -2.41. The first-order valence-electron chi connectivity index (χ1n) is 12.3. The third kappa shape index (κ3) is 4.12. The van der Waals surface area contributed by atoms with E-state index >= 15 is 0 Å². The molecular weight excluding hydrogens is 436 g/mol. The predicted octanol–water partition coefficient (Wildman–Crippen LogP) is 5.35. The molecule has 0 radical (unpaired) electrons. The molecule has 0 bridgehead atoms. The van der Waals surface area contributed by atoms with E-state index in [4.69, 9.17) is 9.72 Å². The molecule has 1 unspecified atom stereocenters. The molecule has 1 atom stereocenters. The number of aryl methyl sites for hydroxylation is 1. The molecule has 6 nitrogen and oxygen atoms in total. The second-order valence-electron chi connectivity index (χ2n) is 9.37. The van der Waals surface area contributed by atoms with Gasteiger partial charge in [-0.3, -0.25) is 9.20 Å². The van der Waals surface area contributed by atoms with E-state index in [1.54, 1.807) is 0 Å². The summed E-state index contributed by atoms with van der Waals surface area (Å²) < 4.78 is 7.51. The quantitative estimate of drug-likeness (QED) is 0.371. The first-order valence-corrected chi connectivity index (χ1v) is 12.3. The van der Waals surface area contributed by atoms with Gasteiger partial charge >= 0.3 is 5.97 Å². The van der Waals surface area contributed by atoms with E-state index in [1.165, 1.54) is 11.1 Å². The molecular formula is C29H30N4O2. The number of imidazole rings is 1. The van der Waals surface area contributed by atoms with Crippen LogP contribution in [0.2, 0.25) is 0 Å². The highest BCUT2D eigenvalue weighted by molar-refractivity contribution is 5.86. The van der Waals surface area contributed by atoms with Gasteiger partial charge in [-0.1, -0.05) is 42.0 Å². The number of pyridine rings is 1. The number of aromatic nitrogens is 2. The largest absolute Gasteiger partial charge is 0.466 e. The van der Waals surface area contributed by atoms with Gasteiger partial charge in [-0.2, -0.15) is 5.26 Å². The second kappa shape index (κ2) is 9.42. The molecule has 1 fully saturated rings. The topological polar surface area (TPSA) is 70.6 Å². The lowest BCUT2D eigenvalue weighted by Gasteiger charge is -2.35. The number of nitrogens with zero attached hydrogens (tertiary/aromatic N) is 4. The van der Waals surface area contributed by atoms with Gasteiger partial charge in [0.1, 0.15) is 11.9 Å². The van der Waals surface area contributed by atoms with Crippen molar-refractivity contribution in [1.29, 1.82) is 5.26 Å². The molecule has 1 aliphatic heterocycles. The van der Waals surface area contributed by atoms with Crippen LogP contribution in [0.15, 0.2) is 48.5 Å². The number of nitriles is 1. The summed E-state index contributed by atoms with van der Waals surface area (Å²) in [6, 6.07) is 19.0. The highest BCUT2D eigenvalue weighted by Crippen LogP contribution is 2.36. The normalized spacial score (nSPS) is 15.9. The van der Waals surface area contributed by atoms with Crippen LogP contribution in [0.3, 0.4) is 0 Å². The van der Waals surface area contributed by atoms with Crippen molar-refractivity contribution in [2.45, 2.75) is 40.0 Å². The number of piperidine rings is 1. The van der Waals surface area contributed by atoms with Crippen molar-refractivity contribution < 1.29 is 9.53 Å². The van der Waals surface area contributed by atoms with Crippen molar-refractivity contribution in [3.63, 3.8) is 0 Å². The number of esters is 1. The average Bonchev–Trinajstić information content (AvgIpc) is 3.25. The molecule has 178 valence electrons. The zero-order valence-corrected chi connectivity index (χ0v) is 20.5. The standard InChI is InChI=1S/C29H30N4O2/c1-4-35-29(34)22-8-7-15-32(18-22)28-23(16-21-13-11-19(2)12-14-21)20(3)24(17-30)27-31-25-9-5-6-10-26(25)33(27)28/h5-6,9-14,22H,4,7-8,15-16,18H2,1-3H3. The lowest BCUT2D eigenvalue weighted by atomic mass is 9.94. The highest BCUT2D eigenvalue weighted by atomic mass is 16.5. The van der Waals surface area contributed by atoms with E-state index in [0.29, 0.717) is 30.8 Å². The van der Waals surface area contributed by atoms with E-state index < -0.39 is 0 Å². The summed E-state index contributed by atoms with van der Waals surface area (Å²) in [5.74, 6) is 0.728. The SMILES string of the molecule is CCOC(=O)C1CCCN(c2c(Cc3ccc(C)cc3)c(C)c(C#N)c3nc4ccccc4n23)C1. The van der Waals surface area contributed by atoms with Crippen LogP contribution in [0.1, 0.15) is 47.6 Å². The zero-order valence-electron chi connectivity index (χ0n) is 20.5. The maximum atomic E-state index is 12.7. The van der Waals surface area contributed by atoms with Crippen LogP contribution in [-0.2, 0) is 16.0 Å². The molecule has 1 saturated heterocycles. The van der Waals surface area contributed by atoms with Crippen molar-refractivity contribution in [3.05, 3.63) is 76.3 Å². The maximum absolute atomic E-state index is 12.7. The Labute approximate surface area is 205 Å². The van der Waals surface area contributed by atoms with Crippen molar-refractivity contribution in [3.8, 4) is 6.07 Å². The fraction of sp³-hybridized carbons (Fsp3) is 0.345. The zero-order chi connectivity index (χ0) is 24.5. The Morgan fingerprint density at radius 3 is 2.69 bits per heavy atom. The molecule has 0 spiro atoms. The molecule has 35 heavy (non-hydrogen) atoms. The molecule has 0 saturated carbocycles. The summed E-state index contributed by atoms with van der Waals surface area (Å²) >= 11 is 0. The summed E-state index contributed by atoms with van der Waals surface area (Å²) in [7, 11) is 0. The van der Waals surface area contributed by atoms with Crippen LogP contribution in [0.5, 0.6) is 0 Å². The number of anilines is 1. The van der Waals surface area contributed by atoms with E-state index in [9.17, 15) is 10.1 Å². The summed E-state index contributed by atoms with van der Waals surface area (Å²) in [6.07, 6.45) is 2.42. The Balaban J connectivity index is 1.75. The Morgan fingerprint density at radius 2 is 1.94 bits per heavy atom. The summed E-state index contributed by atoms with van der Waals surface area (Å²) in [4.78, 5) is 19.8. The molecule has 3 heterocycles. The molecule has 1 aliphatic rings. The second-order valence-corrected chi connectivity index (χ2v) is 9.37. The smallest absolute Gasteiger partial charge is 0.310 e. The number of ether oxygens (including phenoxy) is 1. The van der Waals surface area contributed by atoms with Gasteiger partial charge in [-0.25, -0.2) is 4.98 Å². The van der Waals surface area contributed by atoms with Gasteiger partial charge in [0.2, 0.25) is 0 Å². The number of fused-ring (bicyclic) bond motifs is 3. The highest BCUT2D eigenvalue weighted by Gasteiger charge is 2.31. The first kappa shape index (κ1) is 22.9. The Kier molecular flexibility index (Phi) is 6.17. The number of carbonyl (C=O) groups excluding carboxylic acids is 1. The molecule has 6 heteroatoms. The van der Waals surface area contributed by atoms with Crippen LogP contribution in [-0.4, -0.2) is 35.1 Å². The van der Waals surface area contributed by atoms with Crippen LogP contribution in [0.25, 0.3) is 16.7 Å². The Hall–Kier alpha value is -3.85. The number of hydrogen-bond donors (Lipinski definition) is 0. The number of hydrogen-bond acceptors (Lipinski definition) is 5. The summed E-state index contributed by atoms with van der Waals surface area (Å²) in [5.41, 5.74) is 7.56. The minimum atomic E-state index is -0.170. The molecule has 2 aromatic heterocycles. The Bertz CT molecular complexity index is 1450. The third-order valence-corrected chi connectivity index (χ3v) is 7.05. The third-order valence-electron chi connectivity index (χ3n) is 7.05. The van der Waals surface area contributed by atoms with Crippen molar-refractivity contribution in [2.75, 3.05) is 24.6 Å². The Morgan fingerprint density at radius 1 is 1.17 bits per heavy atom. The summed E-state index contributed by atoms with van der Waals surface area (Å²) in [5, 5.41) is 10.2. The fourth-order valence-electron chi connectivity index (χ4n) is 5.24. The fourth-order valence-corrected chi connectivity index (χ4v) is 5.24. The van der Waals surface area contributed by atoms with E-state index in [0.717, 1.165) is 47.4 Å².